The van der Waals surface area contributed by atoms with Crippen LogP contribution in [0.15, 0.2) is 35.5 Å². The van der Waals surface area contributed by atoms with Gasteiger partial charge in [-0.2, -0.15) is 0 Å². The summed E-state index contributed by atoms with van der Waals surface area (Å²) >= 11 is 0. The molecule has 2 atom stereocenters. The van der Waals surface area contributed by atoms with Crippen molar-refractivity contribution < 1.29 is 34.8 Å². The molecule has 2 rings (SSSR count). The first-order valence-corrected chi connectivity index (χ1v) is 4.81. The molecule has 96 valence electrons. The Bertz CT molecular complexity index is 442. The third-order valence-corrected chi connectivity index (χ3v) is 2.21. The average Bonchev–Trinajstić information content (AvgIpc) is 2.86. The van der Waals surface area contributed by atoms with E-state index in [1.54, 1.807) is 0 Å². The highest BCUT2D eigenvalue weighted by Gasteiger charge is 2.29. The summed E-state index contributed by atoms with van der Waals surface area (Å²) in [6, 6.07) is 0. The number of carbonyl (C=O) groups excluding carboxylic acids is 1. The normalized spacial score (nSPS) is 18.4. The Morgan fingerprint density at radius 1 is 0.889 bits per heavy atom. The van der Waals surface area contributed by atoms with Crippen LogP contribution in [0.5, 0.6) is 0 Å². The molecular weight excluding hydrogens is 244 g/mol. The highest BCUT2D eigenvalue weighted by Crippen LogP contribution is 2.23. The fourth-order valence-corrected chi connectivity index (χ4v) is 1.21. The zero-order valence-corrected chi connectivity index (χ0v) is 8.98. The number of carboxylic acid groups (broad SMARTS) is 2. The Balaban J connectivity index is 0.000000182. The number of carboxylic acids is 2. The van der Waals surface area contributed by atoms with Crippen LogP contribution < -0.4 is 0 Å². The van der Waals surface area contributed by atoms with Crippen LogP contribution in [-0.4, -0.2) is 50.4 Å². The maximum absolute atomic E-state index is 10.8. The second kappa shape index (κ2) is 5.39. The number of hydrogen-bond donors (Lipinski definition) is 4. The Hall–Kier alpha value is -2.25. The SMILES string of the molecule is O=C(O)C(O)C(O)C(=O)O.O=C1C2=CC=C1C=C2. The molecular formula is C11H10O7. The van der Waals surface area contributed by atoms with Crippen LogP contribution in [0, 0.1) is 0 Å². The maximum atomic E-state index is 10.8. The van der Waals surface area contributed by atoms with Crippen molar-refractivity contribution in [3.63, 3.8) is 0 Å². The Labute approximate surface area is 101 Å². The summed E-state index contributed by atoms with van der Waals surface area (Å²) in [6.45, 7) is 0. The summed E-state index contributed by atoms with van der Waals surface area (Å²) in [5.41, 5.74) is 1.67. The van der Waals surface area contributed by atoms with E-state index in [0.717, 1.165) is 11.1 Å². The molecule has 0 saturated heterocycles. The van der Waals surface area contributed by atoms with E-state index in [1.807, 2.05) is 24.3 Å². The number of ketones is 1. The average molecular weight is 254 g/mol. The molecule has 0 aromatic carbocycles. The molecule has 0 spiro atoms. The first-order valence-electron chi connectivity index (χ1n) is 4.81. The largest absolute Gasteiger partial charge is 0.479 e. The molecule has 2 aliphatic carbocycles. The summed E-state index contributed by atoms with van der Waals surface area (Å²) in [5, 5.41) is 32.5. The van der Waals surface area contributed by atoms with Crippen molar-refractivity contribution in [3.8, 4) is 0 Å². The molecule has 7 heteroatoms. The first-order chi connectivity index (χ1) is 8.34. The third kappa shape index (κ3) is 2.90. The monoisotopic (exact) mass is 254 g/mol. The van der Waals surface area contributed by atoms with Crippen molar-refractivity contribution in [1.82, 2.24) is 0 Å². The summed E-state index contributed by atoms with van der Waals surface area (Å²) < 4.78 is 0. The molecule has 18 heavy (non-hydrogen) atoms. The van der Waals surface area contributed by atoms with Gasteiger partial charge in [-0.25, -0.2) is 9.59 Å². The minimum atomic E-state index is -2.27. The van der Waals surface area contributed by atoms with Crippen molar-refractivity contribution in [2.24, 2.45) is 0 Å². The Kier molecular flexibility index (Phi) is 4.13. The Morgan fingerprint density at radius 3 is 1.33 bits per heavy atom. The molecule has 0 saturated carbocycles. The van der Waals surface area contributed by atoms with Crippen LogP contribution >= 0.6 is 0 Å². The molecule has 2 aliphatic rings. The number of allylic oxidation sites excluding steroid dienone is 6. The van der Waals surface area contributed by atoms with E-state index >= 15 is 0 Å². The molecule has 2 unspecified atom stereocenters. The van der Waals surface area contributed by atoms with Crippen LogP contribution in [0.3, 0.4) is 0 Å². The van der Waals surface area contributed by atoms with Crippen LogP contribution in [0.1, 0.15) is 0 Å². The van der Waals surface area contributed by atoms with E-state index in [1.165, 1.54) is 0 Å². The minimum Gasteiger partial charge on any atom is -0.479 e. The van der Waals surface area contributed by atoms with E-state index in [4.69, 9.17) is 20.4 Å². The number of aliphatic hydroxyl groups is 2. The standard InChI is InChI=1S/C7H4O.C4H6O6/c8-7-5-1-2-6(7)4-3-5;5-1(3(7)8)2(6)4(9)10/h1-4H;1-2,5-6H,(H,7,8)(H,9,10). The molecule has 0 heterocycles. The lowest BCUT2D eigenvalue weighted by molar-refractivity contribution is -0.165. The smallest absolute Gasteiger partial charge is 0.335 e. The minimum absolute atomic E-state index is 0.185. The first kappa shape index (κ1) is 13.8. The van der Waals surface area contributed by atoms with Gasteiger partial charge >= 0.3 is 11.9 Å². The van der Waals surface area contributed by atoms with Crippen molar-refractivity contribution in [2.45, 2.75) is 12.2 Å². The van der Waals surface area contributed by atoms with Crippen molar-refractivity contribution in [2.75, 3.05) is 0 Å². The van der Waals surface area contributed by atoms with Crippen molar-refractivity contribution in [3.05, 3.63) is 35.5 Å². The van der Waals surface area contributed by atoms with Crippen molar-refractivity contribution >= 4 is 17.7 Å². The lowest BCUT2D eigenvalue weighted by Crippen LogP contribution is -2.39. The Morgan fingerprint density at radius 2 is 1.22 bits per heavy atom. The zero-order valence-electron chi connectivity index (χ0n) is 8.98. The number of aliphatic carboxylic acids is 2. The molecule has 0 aromatic heterocycles. The number of fused-ring (bicyclic) bond motifs is 2. The molecule has 0 aromatic rings. The number of carbonyl (C=O) groups is 3. The van der Waals surface area contributed by atoms with Gasteiger partial charge in [0.2, 0.25) is 0 Å². The zero-order chi connectivity index (χ0) is 13.9. The van der Waals surface area contributed by atoms with E-state index in [0.29, 0.717) is 0 Å². The van der Waals surface area contributed by atoms with Gasteiger partial charge in [-0.3, -0.25) is 4.79 Å². The van der Waals surface area contributed by atoms with Gasteiger partial charge in [-0.05, 0) is 0 Å². The molecule has 0 amide bonds. The maximum Gasteiger partial charge on any atom is 0.335 e. The van der Waals surface area contributed by atoms with E-state index in [9.17, 15) is 14.4 Å². The van der Waals surface area contributed by atoms with Gasteiger partial charge < -0.3 is 20.4 Å². The summed E-state index contributed by atoms with van der Waals surface area (Å²) in [4.78, 5) is 30.3. The second-order valence-electron chi connectivity index (χ2n) is 3.47. The molecule has 0 aliphatic heterocycles. The number of Topliss-reactive ketones (excluding diaryl/α,β-unsaturated/α-hetero) is 1. The second-order valence-corrected chi connectivity index (χ2v) is 3.47. The topological polar surface area (TPSA) is 132 Å². The molecule has 4 N–H and O–H groups in total. The fraction of sp³-hybridized carbons (Fsp3) is 0.182. The van der Waals surface area contributed by atoms with Crippen LogP contribution in [-0.2, 0) is 14.4 Å². The van der Waals surface area contributed by atoms with E-state index in [-0.39, 0.29) is 5.78 Å². The predicted molar refractivity (Wildman–Crippen MR) is 57.6 cm³/mol. The summed E-state index contributed by atoms with van der Waals surface area (Å²) in [7, 11) is 0. The highest BCUT2D eigenvalue weighted by molar-refractivity contribution is 6.17. The quantitative estimate of drug-likeness (QED) is 0.501. The summed E-state index contributed by atoms with van der Waals surface area (Å²) in [5.74, 6) is -3.35. The molecule has 0 radical (unpaired) electrons. The van der Waals surface area contributed by atoms with Gasteiger partial charge in [0.05, 0.1) is 0 Å². The lowest BCUT2D eigenvalue weighted by Gasteiger charge is -2.07. The van der Waals surface area contributed by atoms with E-state index in [2.05, 4.69) is 0 Å². The van der Waals surface area contributed by atoms with Gasteiger partial charge in [0.15, 0.2) is 18.0 Å². The highest BCUT2D eigenvalue weighted by atomic mass is 16.4. The van der Waals surface area contributed by atoms with Gasteiger partial charge in [0.25, 0.3) is 0 Å². The van der Waals surface area contributed by atoms with E-state index < -0.39 is 24.1 Å². The van der Waals surface area contributed by atoms with Crippen molar-refractivity contribution in [1.29, 1.82) is 0 Å². The van der Waals surface area contributed by atoms with Gasteiger partial charge in [0, 0.05) is 11.1 Å². The molecule has 2 bridgehead atoms. The lowest BCUT2D eigenvalue weighted by atomic mass is 10.2. The van der Waals surface area contributed by atoms with Gasteiger partial charge in [0.1, 0.15) is 0 Å². The van der Waals surface area contributed by atoms with Crippen LogP contribution in [0.4, 0.5) is 0 Å². The summed E-state index contributed by atoms with van der Waals surface area (Å²) in [6.07, 6.45) is 2.85. The number of aliphatic hydroxyl groups excluding tert-OH is 2. The van der Waals surface area contributed by atoms with Gasteiger partial charge in [-0.1, -0.05) is 24.3 Å². The van der Waals surface area contributed by atoms with Crippen LogP contribution in [0.25, 0.3) is 0 Å². The fourth-order valence-electron chi connectivity index (χ4n) is 1.21. The number of hydrogen-bond acceptors (Lipinski definition) is 5. The third-order valence-electron chi connectivity index (χ3n) is 2.21. The number of rotatable bonds is 3. The molecule has 7 nitrogen and oxygen atoms in total. The van der Waals surface area contributed by atoms with Gasteiger partial charge in [-0.15, -0.1) is 0 Å². The predicted octanol–water partition coefficient (Wildman–Crippen LogP) is -1.13. The molecule has 0 fully saturated rings. The van der Waals surface area contributed by atoms with Crippen LogP contribution in [0.2, 0.25) is 0 Å².